The topological polar surface area (TPSA) is 102 Å². The van der Waals surface area contributed by atoms with E-state index in [1.54, 1.807) is 19.9 Å². The number of rotatable bonds is 5. The zero-order valence-electron chi connectivity index (χ0n) is 11.7. The summed E-state index contributed by atoms with van der Waals surface area (Å²) >= 11 is 0. The number of anilines is 1. The number of urea groups is 1. The summed E-state index contributed by atoms with van der Waals surface area (Å²) < 4.78 is 13.4. The van der Waals surface area contributed by atoms with Crippen molar-refractivity contribution in [3.8, 4) is 6.07 Å². The Labute approximate surface area is 121 Å². The summed E-state index contributed by atoms with van der Waals surface area (Å²) in [5, 5.41) is 22.5. The summed E-state index contributed by atoms with van der Waals surface area (Å²) in [5.41, 5.74) is -0.236. The van der Waals surface area contributed by atoms with Crippen LogP contribution in [-0.4, -0.2) is 23.1 Å². The third-order valence-corrected chi connectivity index (χ3v) is 2.89. The lowest BCUT2D eigenvalue weighted by Crippen LogP contribution is -2.42. The number of aliphatic carboxylic acids is 1. The summed E-state index contributed by atoms with van der Waals surface area (Å²) in [6.07, 6.45) is -0.223. The molecule has 0 saturated heterocycles. The van der Waals surface area contributed by atoms with Crippen LogP contribution in [0.1, 0.15) is 25.8 Å². The standard InChI is InChI=1S/C14H16FN3O3/c1-8(2)12(6-13(19)20)18-14(21)17-11-5-3-4-10(15)9(11)7-16/h3-5,8,12H,6H2,1-2H3,(H,19,20)(H2,17,18,21). The molecule has 0 fully saturated rings. The molecule has 112 valence electrons. The Morgan fingerprint density at radius 1 is 1.43 bits per heavy atom. The highest BCUT2D eigenvalue weighted by Gasteiger charge is 2.20. The van der Waals surface area contributed by atoms with Crippen LogP contribution in [0.2, 0.25) is 0 Å². The summed E-state index contributed by atoms with van der Waals surface area (Å²) in [7, 11) is 0. The smallest absolute Gasteiger partial charge is 0.319 e. The number of carbonyl (C=O) groups is 2. The Bertz CT molecular complexity index is 581. The first-order valence-electron chi connectivity index (χ1n) is 6.33. The van der Waals surface area contributed by atoms with E-state index in [9.17, 15) is 14.0 Å². The number of amides is 2. The molecule has 3 N–H and O–H groups in total. The molecule has 1 atom stereocenters. The van der Waals surface area contributed by atoms with Crippen LogP contribution < -0.4 is 10.6 Å². The number of nitrogens with zero attached hydrogens (tertiary/aromatic N) is 1. The fraction of sp³-hybridized carbons (Fsp3) is 0.357. The summed E-state index contributed by atoms with van der Waals surface area (Å²) in [5.74, 6) is -1.85. The van der Waals surface area contributed by atoms with Gasteiger partial charge in [0.2, 0.25) is 0 Å². The molecular weight excluding hydrogens is 277 g/mol. The molecule has 0 aliphatic rings. The molecule has 21 heavy (non-hydrogen) atoms. The van der Waals surface area contributed by atoms with E-state index in [0.717, 1.165) is 6.07 Å². The maximum absolute atomic E-state index is 13.4. The maximum atomic E-state index is 13.4. The molecule has 1 aromatic carbocycles. The van der Waals surface area contributed by atoms with E-state index >= 15 is 0 Å². The Kier molecular flexibility index (Phi) is 5.67. The lowest BCUT2D eigenvalue weighted by molar-refractivity contribution is -0.137. The predicted molar refractivity (Wildman–Crippen MR) is 74.1 cm³/mol. The van der Waals surface area contributed by atoms with Crippen LogP contribution in [0, 0.1) is 23.1 Å². The fourth-order valence-corrected chi connectivity index (χ4v) is 1.71. The fourth-order valence-electron chi connectivity index (χ4n) is 1.71. The van der Waals surface area contributed by atoms with Gasteiger partial charge >= 0.3 is 12.0 Å². The second-order valence-corrected chi connectivity index (χ2v) is 4.82. The second-order valence-electron chi connectivity index (χ2n) is 4.82. The highest BCUT2D eigenvalue weighted by atomic mass is 19.1. The van der Waals surface area contributed by atoms with E-state index in [0.29, 0.717) is 0 Å². The largest absolute Gasteiger partial charge is 0.481 e. The van der Waals surface area contributed by atoms with Gasteiger partial charge in [-0.1, -0.05) is 19.9 Å². The van der Waals surface area contributed by atoms with Gasteiger partial charge in [-0.25, -0.2) is 9.18 Å². The van der Waals surface area contributed by atoms with Crippen LogP contribution in [0.25, 0.3) is 0 Å². The van der Waals surface area contributed by atoms with Crippen LogP contribution in [-0.2, 0) is 4.79 Å². The average Bonchev–Trinajstić information content (AvgIpc) is 2.37. The lowest BCUT2D eigenvalue weighted by atomic mass is 10.0. The van der Waals surface area contributed by atoms with Crippen molar-refractivity contribution in [3.63, 3.8) is 0 Å². The van der Waals surface area contributed by atoms with E-state index in [2.05, 4.69) is 10.6 Å². The van der Waals surface area contributed by atoms with Crippen molar-refractivity contribution < 1.29 is 19.1 Å². The van der Waals surface area contributed by atoms with Gasteiger partial charge in [-0.2, -0.15) is 5.26 Å². The van der Waals surface area contributed by atoms with E-state index in [1.807, 2.05) is 0 Å². The molecule has 0 aliphatic heterocycles. The molecule has 0 heterocycles. The van der Waals surface area contributed by atoms with E-state index in [4.69, 9.17) is 10.4 Å². The van der Waals surface area contributed by atoms with E-state index in [1.165, 1.54) is 12.1 Å². The number of carbonyl (C=O) groups excluding carboxylic acids is 1. The summed E-state index contributed by atoms with van der Waals surface area (Å²) in [6.45, 7) is 3.55. The van der Waals surface area contributed by atoms with Gasteiger partial charge in [0.05, 0.1) is 12.1 Å². The van der Waals surface area contributed by atoms with E-state index < -0.39 is 23.9 Å². The van der Waals surface area contributed by atoms with E-state index in [-0.39, 0.29) is 23.6 Å². The van der Waals surface area contributed by atoms with Gasteiger partial charge in [0.15, 0.2) is 0 Å². The molecule has 1 rings (SSSR count). The molecular formula is C14H16FN3O3. The maximum Gasteiger partial charge on any atom is 0.319 e. The molecule has 0 bridgehead atoms. The van der Waals surface area contributed by atoms with Crippen molar-refractivity contribution in [1.82, 2.24) is 5.32 Å². The van der Waals surface area contributed by atoms with Crippen molar-refractivity contribution >= 4 is 17.7 Å². The molecule has 0 saturated carbocycles. The quantitative estimate of drug-likeness (QED) is 0.775. The minimum atomic E-state index is -1.03. The monoisotopic (exact) mass is 293 g/mol. The van der Waals surface area contributed by atoms with Crippen LogP contribution in [0.3, 0.4) is 0 Å². The molecule has 7 heteroatoms. The average molecular weight is 293 g/mol. The first kappa shape index (κ1) is 16.4. The number of carboxylic acid groups (broad SMARTS) is 1. The summed E-state index contributed by atoms with van der Waals surface area (Å²) in [4.78, 5) is 22.6. The van der Waals surface area contributed by atoms with Gasteiger partial charge in [0, 0.05) is 6.04 Å². The number of nitriles is 1. The summed E-state index contributed by atoms with van der Waals surface area (Å²) in [6, 6.07) is 4.28. The Hall–Kier alpha value is -2.62. The SMILES string of the molecule is CC(C)C(CC(=O)O)NC(=O)Nc1cccc(F)c1C#N. The van der Waals surface area contributed by atoms with Crippen molar-refractivity contribution in [3.05, 3.63) is 29.6 Å². The molecule has 0 aromatic heterocycles. The van der Waals surface area contributed by atoms with Gasteiger partial charge in [0.25, 0.3) is 0 Å². The number of benzene rings is 1. The Morgan fingerprint density at radius 2 is 2.10 bits per heavy atom. The normalized spacial score (nSPS) is 11.6. The van der Waals surface area contributed by atoms with Gasteiger partial charge < -0.3 is 15.7 Å². The predicted octanol–water partition coefficient (Wildman–Crippen LogP) is 2.32. The molecule has 1 unspecified atom stereocenters. The first-order valence-corrected chi connectivity index (χ1v) is 6.33. The van der Waals surface area contributed by atoms with Crippen molar-refractivity contribution in [1.29, 1.82) is 5.26 Å². The third kappa shape index (κ3) is 4.76. The van der Waals surface area contributed by atoms with Gasteiger partial charge in [0.1, 0.15) is 17.4 Å². The van der Waals surface area contributed by atoms with Crippen molar-refractivity contribution in [2.45, 2.75) is 26.3 Å². The minimum Gasteiger partial charge on any atom is -0.481 e. The van der Waals surface area contributed by atoms with Crippen molar-refractivity contribution in [2.75, 3.05) is 5.32 Å². The molecule has 6 nitrogen and oxygen atoms in total. The highest BCUT2D eigenvalue weighted by Crippen LogP contribution is 2.17. The number of nitrogens with one attached hydrogen (secondary N) is 2. The number of carboxylic acids is 1. The first-order chi connectivity index (χ1) is 9.85. The van der Waals surface area contributed by atoms with Crippen LogP contribution in [0.4, 0.5) is 14.9 Å². The molecule has 0 aliphatic carbocycles. The van der Waals surface area contributed by atoms with Crippen LogP contribution >= 0.6 is 0 Å². The van der Waals surface area contributed by atoms with Gasteiger partial charge in [-0.3, -0.25) is 4.79 Å². The number of halogens is 1. The Balaban J connectivity index is 2.80. The number of hydrogen-bond acceptors (Lipinski definition) is 3. The number of hydrogen-bond donors (Lipinski definition) is 3. The molecule has 2 amide bonds. The minimum absolute atomic E-state index is 0.0350. The molecule has 0 radical (unpaired) electrons. The van der Waals surface area contributed by atoms with Gasteiger partial charge in [-0.05, 0) is 18.1 Å². The molecule has 1 aromatic rings. The third-order valence-electron chi connectivity index (χ3n) is 2.89. The van der Waals surface area contributed by atoms with Crippen LogP contribution in [0.15, 0.2) is 18.2 Å². The zero-order valence-corrected chi connectivity index (χ0v) is 11.7. The van der Waals surface area contributed by atoms with Gasteiger partial charge in [-0.15, -0.1) is 0 Å². The second kappa shape index (κ2) is 7.24. The molecule has 0 spiro atoms. The Morgan fingerprint density at radius 3 is 2.62 bits per heavy atom. The van der Waals surface area contributed by atoms with Crippen molar-refractivity contribution in [2.24, 2.45) is 5.92 Å². The zero-order chi connectivity index (χ0) is 16.0. The lowest BCUT2D eigenvalue weighted by Gasteiger charge is -2.21. The van der Waals surface area contributed by atoms with Crippen LogP contribution in [0.5, 0.6) is 0 Å². The highest BCUT2D eigenvalue weighted by molar-refractivity contribution is 5.91.